The molecular formula is C18H23FN6O. The first-order valence-corrected chi connectivity index (χ1v) is 9.12. The van der Waals surface area contributed by atoms with Crippen molar-refractivity contribution in [1.82, 2.24) is 19.9 Å². The van der Waals surface area contributed by atoms with Crippen LogP contribution in [0.3, 0.4) is 0 Å². The van der Waals surface area contributed by atoms with Gasteiger partial charge in [-0.3, -0.25) is 0 Å². The van der Waals surface area contributed by atoms with Gasteiger partial charge in [0.1, 0.15) is 11.6 Å². The van der Waals surface area contributed by atoms with E-state index in [9.17, 15) is 9.50 Å². The summed E-state index contributed by atoms with van der Waals surface area (Å²) in [7, 11) is 0. The second-order valence-corrected chi connectivity index (χ2v) is 6.93. The molecule has 2 aliphatic rings. The minimum atomic E-state index is -0.428. The van der Waals surface area contributed by atoms with Crippen molar-refractivity contribution in [3.8, 4) is 0 Å². The first kappa shape index (κ1) is 17.1. The Hall–Kier alpha value is -2.35. The maximum absolute atomic E-state index is 13.1. The van der Waals surface area contributed by atoms with Gasteiger partial charge >= 0.3 is 0 Å². The molecule has 8 heteroatoms. The largest absolute Gasteiger partial charge is 0.393 e. The van der Waals surface area contributed by atoms with Crippen molar-refractivity contribution in [2.45, 2.75) is 38.7 Å². The molecule has 0 aromatic carbocycles. The molecule has 0 unspecified atom stereocenters. The molecule has 138 valence electrons. The van der Waals surface area contributed by atoms with Crippen molar-refractivity contribution >= 4 is 11.8 Å². The number of fused-ring (bicyclic) bond motifs is 1. The van der Waals surface area contributed by atoms with E-state index in [1.807, 2.05) is 6.92 Å². The maximum atomic E-state index is 13.1. The third-order valence-corrected chi connectivity index (χ3v) is 5.09. The highest BCUT2D eigenvalue weighted by atomic mass is 19.1. The molecule has 0 atom stereocenters. The third kappa shape index (κ3) is 3.46. The fourth-order valence-electron chi connectivity index (χ4n) is 3.71. The van der Waals surface area contributed by atoms with Gasteiger partial charge in [0, 0.05) is 38.2 Å². The number of piperidine rings is 1. The van der Waals surface area contributed by atoms with Gasteiger partial charge in [-0.1, -0.05) is 0 Å². The number of aryl methyl sites for hydroxylation is 1. The van der Waals surface area contributed by atoms with E-state index in [1.165, 1.54) is 18.0 Å². The van der Waals surface area contributed by atoms with Gasteiger partial charge in [0.15, 0.2) is 5.82 Å². The average molecular weight is 358 g/mol. The summed E-state index contributed by atoms with van der Waals surface area (Å²) in [5.41, 5.74) is 2.25. The highest BCUT2D eigenvalue weighted by Crippen LogP contribution is 2.28. The van der Waals surface area contributed by atoms with E-state index in [4.69, 9.17) is 4.98 Å². The zero-order valence-corrected chi connectivity index (χ0v) is 14.9. The SMILES string of the molecule is Cc1nc2c(c(N3CCC(O)CC3)n1)CCN(c1ncc(F)cn1)CC2. The Morgan fingerprint density at radius 1 is 1.00 bits per heavy atom. The average Bonchev–Trinajstić information content (AvgIpc) is 2.85. The summed E-state index contributed by atoms with van der Waals surface area (Å²) in [4.78, 5) is 21.9. The van der Waals surface area contributed by atoms with Crippen LogP contribution in [0.15, 0.2) is 12.4 Å². The molecule has 26 heavy (non-hydrogen) atoms. The molecule has 1 saturated heterocycles. The predicted molar refractivity (Wildman–Crippen MR) is 95.8 cm³/mol. The molecule has 0 radical (unpaired) electrons. The van der Waals surface area contributed by atoms with Crippen molar-refractivity contribution in [2.24, 2.45) is 0 Å². The van der Waals surface area contributed by atoms with Crippen LogP contribution in [-0.2, 0) is 12.8 Å². The smallest absolute Gasteiger partial charge is 0.225 e. The van der Waals surface area contributed by atoms with Crippen molar-refractivity contribution in [2.75, 3.05) is 36.0 Å². The zero-order chi connectivity index (χ0) is 18.1. The molecule has 0 spiro atoms. The van der Waals surface area contributed by atoms with Crippen LogP contribution < -0.4 is 9.80 Å². The Morgan fingerprint density at radius 3 is 2.42 bits per heavy atom. The van der Waals surface area contributed by atoms with Gasteiger partial charge in [-0.05, 0) is 26.2 Å². The van der Waals surface area contributed by atoms with Crippen molar-refractivity contribution < 1.29 is 9.50 Å². The summed E-state index contributed by atoms with van der Waals surface area (Å²) in [6, 6.07) is 0. The first-order valence-electron chi connectivity index (χ1n) is 9.12. The van der Waals surface area contributed by atoms with Crippen LogP contribution >= 0.6 is 0 Å². The predicted octanol–water partition coefficient (Wildman–Crippen LogP) is 1.28. The molecule has 1 N–H and O–H groups in total. The Bertz CT molecular complexity index is 776. The molecule has 0 aliphatic carbocycles. The van der Waals surface area contributed by atoms with Crippen LogP contribution in [-0.4, -0.2) is 57.3 Å². The second-order valence-electron chi connectivity index (χ2n) is 6.93. The van der Waals surface area contributed by atoms with Crippen LogP contribution in [0.25, 0.3) is 0 Å². The molecule has 4 heterocycles. The summed E-state index contributed by atoms with van der Waals surface area (Å²) < 4.78 is 13.1. The Morgan fingerprint density at radius 2 is 1.69 bits per heavy atom. The normalized spacial score (nSPS) is 18.6. The van der Waals surface area contributed by atoms with Crippen LogP contribution in [0.4, 0.5) is 16.2 Å². The Labute approximate surface area is 151 Å². The molecule has 2 aromatic heterocycles. The van der Waals surface area contributed by atoms with E-state index in [2.05, 4.69) is 24.8 Å². The van der Waals surface area contributed by atoms with E-state index in [0.29, 0.717) is 5.95 Å². The number of aromatic nitrogens is 4. The van der Waals surface area contributed by atoms with E-state index in [-0.39, 0.29) is 6.10 Å². The number of hydrogen-bond donors (Lipinski definition) is 1. The number of aliphatic hydroxyl groups is 1. The molecule has 2 aliphatic heterocycles. The Balaban J connectivity index is 1.59. The summed E-state index contributed by atoms with van der Waals surface area (Å²) in [6.07, 6.45) is 5.32. The fourth-order valence-corrected chi connectivity index (χ4v) is 3.71. The van der Waals surface area contributed by atoms with Gasteiger partial charge in [-0.15, -0.1) is 0 Å². The standard InChI is InChI=1S/C18H23FN6O/c1-12-22-16-5-9-25(18-20-10-13(19)11-21-18)8-4-15(16)17(23-12)24-6-2-14(26)3-7-24/h10-11,14,26H,2-9H2,1H3. The lowest BCUT2D eigenvalue weighted by Crippen LogP contribution is -2.37. The molecule has 7 nitrogen and oxygen atoms in total. The molecule has 1 fully saturated rings. The lowest BCUT2D eigenvalue weighted by atomic mass is 10.0. The van der Waals surface area contributed by atoms with Crippen LogP contribution in [0.1, 0.15) is 29.9 Å². The van der Waals surface area contributed by atoms with Gasteiger partial charge in [0.25, 0.3) is 0 Å². The zero-order valence-electron chi connectivity index (χ0n) is 14.9. The van der Waals surface area contributed by atoms with Gasteiger partial charge in [-0.25, -0.2) is 24.3 Å². The van der Waals surface area contributed by atoms with Crippen LogP contribution in [0.2, 0.25) is 0 Å². The minimum absolute atomic E-state index is 0.209. The van der Waals surface area contributed by atoms with Gasteiger partial charge < -0.3 is 14.9 Å². The van der Waals surface area contributed by atoms with Crippen molar-refractivity contribution in [3.63, 3.8) is 0 Å². The van der Waals surface area contributed by atoms with Gasteiger partial charge in [-0.2, -0.15) is 0 Å². The number of halogens is 1. The monoisotopic (exact) mass is 358 g/mol. The topological polar surface area (TPSA) is 78.3 Å². The van der Waals surface area contributed by atoms with Crippen LogP contribution in [0.5, 0.6) is 0 Å². The highest BCUT2D eigenvalue weighted by molar-refractivity contribution is 5.51. The minimum Gasteiger partial charge on any atom is -0.393 e. The summed E-state index contributed by atoms with van der Waals surface area (Å²) in [5, 5.41) is 9.79. The number of rotatable bonds is 2. The van der Waals surface area contributed by atoms with Crippen LogP contribution in [0, 0.1) is 12.7 Å². The van der Waals surface area contributed by atoms with E-state index in [0.717, 1.165) is 69.2 Å². The van der Waals surface area contributed by atoms with E-state index >= 15 is 0 Å². The summed E-state index contributed by atoms with van der Waals surface area (Å²) in [5.74, 6) is 1.90. The Kier molecular flexibility index (Phi) is 4.67. The van der Waals surface area contributed by atoms with Crippen molar-refractivity contribution in [1.29, 1.82) is 0 Å². The molecule has 2 aromatic rings. The molecule has 0 saturated carbocycles. The third-order valence-electron chi connectivity index (χ3n) is 5.09. The fraction of sp³-hybridized carbons (Fsp3) is 0.556. The second kappa shape index (κ2) is 7.11. The molecule has 0 bridgehead atoms. The number of hydrogen-bond acceptors (Lipinski definition) is 7. The van der Waals surface area contributed by atoms with Gasteiger partial charge in [0.2, 0.25) is 5.95 Å². The highest BCUT2D eigenvalue weighted by Gasteiger charge is 2.26. The lowest BCUT2D eigenvalue weighted by molar-refractivity contribution is 0.145. The van der Waals surface area contributed by atoms with E-state index in [1.54, 1.807) is 0 Å². The van der Waals surface area contributed by atoms with Crippen molar-refractivity contribution in [3.05, 3.63) is 35.3 Å². The maximum Gasteiger partial charge on any atom is 0.225 e. The first-order chi connectivity index (χ1) is 12.6. The number of aliphatic hydroxyl groups excluding tert-OH is 1. The molecular weight excluding hydrogens is 335 g/mol. The number of anilines is 2. The van der Waals surface area contributed by atoms with Gasteiger partial charge in [0.05, 0.1) is 24.2 Å². The number of nitrogens with zero attached hydrogens (tertiary/aromatic N) is 6. The molecule has 0 amide bonds. The summed E-state index contributed by atoms with van der Waals surface area (Å²) in [6.45, 7) is 5.04. The lowest BCUT2D eigenvalue weighted by Gasteiger charge is -2.32. The molecule has 4 rings (SSSR count). The summed E-state index contributed by atoms with van der Waals surface area (Å²) >= 11 is 0. The quantitative estimate of drug-likeness (QED) is 0.866. The van der Waals surface area contributed by atoms with E-state index < -0.39 is 5.82 Å².